The Morgan fingerprint density at radius 3 is 2.39 bits per heavy atom. The van der Waals surface area contributed by atoms with Gasteiger partial charge in [0, 0.05) is 18.8 Å². The molecule has 10 heteroatoms. The molecule has 2 aliphatic rings. The van der Waals surface area contributed by atoms with E-state index in [9.17, 15) is 19.2 Å². The second kappa shape index (κ2) is 12.2. The number of thioether (sulfide) groups is 1. The molecular formula is C28H31N3O6S. The van der Waals surface area contributed by atoms with Gasteiger partial charge in [0.05, 0.1) is 11.5 Å². The minimum Gasteiger partial charge on any atom is -0.490 e. The number of anilines is 1. The fraction of sp³-hybridized carbons (Fsp3) is 0.357. The summed E-state index contributed by atoms with van der Waals surface area (Å²) in [5.74, 6) is -0.202. The third-order valence-corrected chi connectivity index (χ3v) is 6.96. The largest absolute Gasteiger partial charge is 0.490 e. The van der Waals surface area contributed by atoms with Crippen LogP contribution < -0.4 is 14.8 Å². The maximum Gasteiger partial charge on any atom is 0.294 e. The van der Waals surface area contributed by atoms with Gasteiger partial charge in [0.2, 0.25) is 5.91 Å². The number of rotatable bonds is 9. The quantitative estimate of drug-likeness (QED) is 0.474. The molecule has 0 saturated carbocycles. The molecule has 0 spiro atoms. The highest BCUT2D eigenvalue weighted by Gasteiger charge is 2.36. The van der Waals surface area contributed by atoms with Crippen molar-refractivity contribution in [1.82, 2.24) is 9.80 Å². The van der Waals surface area contributed by atoms with Gasteiger partial charge in [0.1, 0.15) is 6.54 Å². The van der Waals surface area contributed by atoms with Crippen LogP contribution in [0.25, 0.3) is 6.08 Å². The summed E-state index contributed by atoms with van der Waals surface area (Å²) in [5, 5.41) is 2.24. The van der Waals surface area contributed by atoms with Gasteiger partial charge in [-0.05, 0) is 92.4 Å². The van der Waals surface area contributed by atoms with E-state index in [4.69, 9.17) is 9.47 Å². The first kappa shape index (κ1) is 27.3. The van der Waals surface area contributed by atoms with Gasteiger partial charge >= 0.3 is 0 Å². The monoisotopic (exact) mass is 537 g/mol. The number of hydrogen-bond acceptors (Lipinski definition) is 7. The third kappa shape index (κ3) is 6.74. The molecule has 2 saturated heterocycles. The van der Waals surface area contributed by atoms with Crippen LogP contribution in [-0.2, 0) is 14.4 Å². The van der Waals surface area contributed by atoms with E-state index in [1.54, 1.807) is 29.2 Å². The molecular weight excluding hydrogens is 506 g/mol. The number of amides is 4. The van der Waals surface area contributed by atoms with Crippen molar-refractivity contribution in [1.29, 1.82) is 0 Å². The van der Waals surface area contributed by atoms with Gasteiger partial charge in [0.15, 0.2) is 18.1 Å². The average molecular weight is 538 g/mol. The lowest BCUT2D eigenvalue weighted by atomic mass is 10.1. The summed E-state index contributed by atoms with van der Waals surface area (Å²) in [6.07, 6.45) is 3.59. The first-order chi connectivity index (χ1) is 18.2. The number of nitrogens with one attached hydrogen (secondary N) is 1. The molecule has 1 N–H and O–H groups in total. The van der Waals surface area contributed by atoms with E-state index in [1.807, 2.05) is 39.0 Å². The van der Waals surface area contributed by atoms with Crippen LogP contribution in [-0.4, -0.2) is 65.6 Å². The number of aryl methyl sites for hydroxylation is 2. The number of imide groups is 1. The highest BCUT2D eigenvalue weighted by atomic mass is 32.2. The van der Waals surface area contributed by atoms with Crippen LogP contribution in [0.3, 0.4) is 0 Å². The van der Waals surface area contributed by atoms with E-state index in [0.717, 1.165) is 53.7 Å². The highest BCUT2D eigenvalue weighted by Crippen LogP contribution is 2.34. The van der Waals surface area contributed by atoms with Crippen LogP contribution in [0.5, 0.6) is 11.5 Å². The predicted molar refractivity (Wildman–Crippen MR) is 146 cm³/mol. The lowest BCUT2D eigenvalue weighted by Gasteiger charge is -2.17. The van der Waals surface area contributed by atoms with Gasteiger partial charge in [-0.1, -0.05) is 12.1 Å². The minimum atomic E-state index is -0.537. The fourth-order valence-electron chi connectivity index (χ4n) is 4.38. The molecule has 0 unspecified atom stereocenters. The lowest BCUT2D eigenvalue weighted by molar-refractivity contribution is -0.132. The zero-order chi connectivity index (χ0) is 27.2. The Hall–Kier alpha value is -3.79. The van der Waals surface area contributed by atoms with Crippen LogP contribution >= 0.6 is 11.8 Å². The van der Waals surface area contributed by atoms with E-state index in [-0.39, 0.29) is 24.0 Å². The van der Waals surface area contributed by atoms with Crippen molar-refractivity contribution in [3.63, 3.8) is 0 Å². The summed E-state index contributed by atoms with van der Waals surface area (Å²) in [4.78, 5) is 53.3. The first-order valence-electron chi connectivity index (χ1n) is 12.5. The Labute approximate surface area is 226 Å². The number of benzene rings is 2. The summed E-state index contributed by atoms with van der Waals surface area (Å²) in [7, 11) is 0. The number of likely N-dealkylation sites (tertiary alicyclic amines) is 1. The fourth-order valence-corrected chi connectivity index (χ4v) is 5.22. The van der Waals surface area contributed by atoms with Crippen molar-refractivity contribution in [3.05, 3.63) is 58.0 Å². The normalized spacial score (nSPS) is 16.3. The van der Waals surface area contributed by atoms with Gasteiger partial charge in [-0.15, -0.1) is 0 Å². The van der Waals surface area contributed by atoms with E-state index in [1.165, 1.54) is 0 Å². The summed E-state index contributed by atoms with van der Waals surface area (Å²) >= 11 is 0.778. The van der Waals surface area contributed by atoms with E-state index >= 15 is 0 Å². The first-order valence-corrected chi connectivity index (χ1v) is 13.4. The summed E-state index contributed by atoms with van der Waals surface area (Å²) < 4.78 is 11.4. The Bertz CT molecular complexity index is 1270. The zero-order valence-electron chi connectivity index (χ0n) is 21.7. The van der Waals surface area contributed by atoms with Crippen molar-refractivity contribution in [3.8, 4) is 11.5 Å². The van der Waals surface area contributed by atoms with Crippen LogP contribution in [0.4, 0.5) is 10.5 Å². The van der Waals surface area contributed by atoms with Crippen molar-refractivity contribution >= 4 is 46.5 Å². The smallest absolute Gasteiger partial charge is 0.294 e. The van der Waals surface area contributed by atoms with Crippen molar-refractivity contribution in [2.45, 2.75) is 33.6 Å². The Morgan fingerprint density at radius 2 is 1.71 bits per heavy atom. The molecule has 0 radical (unpaired) electrons. The Kier molecular flexibility index (Phi) is 8.73. The van der Waals surface area contributed by atoms with Gasteiger partial charge in [-0.25, -0.2) is 0 Å². The summed E-state index contributed by atoms with van der Waals surface area (Å²) in [6.45, 7) is 7.11. The molecule has 200 valence electrons. The van der Waals surface area contributed by atoms with Crippen molar-refractivity contribution in [2.24, 2.45) is 0 Å². The van der Waals surface area contributed by atoms with Gasteiger partial charge in [-0.3, -0.25) is 24.1 Å². The molecule has 0 atom stereocenters. The number of carbonyl (C=O) groups is 4. The zero-order valence-corrected chi connectivity index (χ0v) is 22.6. The van der Waals surface area contributed by atoms with Crippen LogP contribution in [0.1, 0.15) is 36.5 Å². The molecule has 0 bridgehead atoms. The van der Waals surface area contributed by atoms with Gasteiger partial charge < -0.3 is 19.7 Å². The standard InChI is InChI=1S/C28H31N3O6S/c1-4-36-23-14-20(7-8-22(23)37-17-26(33)30-9-5-6-10-30)15-24-27(34)31(28(35)38-24)16-25(32)29-21-12-18(2)11-19(3)13-21/h7-8,11-15H,4-6,9-10,16-17H2,1-3H3,(H,29,32)/b24-15-. The Morgan fingerprint density at radius 1 is 1.00 bits per heavy atom. The molecule has 2 heterocycles. The third-order valence-electron chi connectivity index (χ3n) is 6.06. The molecule has 2 aliphatic heterocycles. The summed E-state index contributed by atoms with van der Waals surface area (Å²) in [6, 6.07) is 10.7. The van der Waals surface area contributed by atoms with E-state index in [2.05, 4.69) is 5.32 Å². The van der Waals surface area contributed by atoms with Crippen molar-refractivity contribution < 1.29 is 28.7 Å². The molecule has 0 aliphatic carbocycles. The van der Waals surface area contributed by atoms with Crippen molar-refractivity contribution in [2.75, 3.05) is 38.2 Å². The summed E-state index contributed by atoms with van der Waals surface area (Å²) in [5.41, 5.74) is 3.23. The number of ether oxygens (including phenoxy) is 2. The second-order valence-corrected chi connectivity index (χ2v) is 10.2. The van der Waals surface area contributed by atoms with Crippen LogP contribution in [0.2, 0.25) is 0 Å². The molecule has 38 heavy (non-hydrogen) atoms. The van der Waals surface area contributed by atoms with Gasteiger partial charge in [-0.2, -0.15) is 0 Å². The Balaban J connectivity index is 1.42. The minimum absolute atomic E-state index is 0.0655. The van der Waals surface area contributed by atoms with E-state index < -0.39 is 17.1 Å². The molecule has 2 fully saturated rings. The molecule has 9 nitrogen and oxygen atoms in total. The molecule has 4 rings (SSSR count). The average Bonchev–Trinajstić information content (AvgIpc) is 3.48. The van der Waals surface area contributed by atoms with Gasteiger partial charge in [0.25, 0.3) is 17.1 Å². The maximum absolute atomic E-state index is 12.9. The molecule has 2 aromatic carbocycles. The van der Waals surface area contributed by atoms with Crippen LogP contribution in [0.15, 0.2) is 41.3 Å². The molecule has 4 amide bonds. The second-order valence-electron chi connectivity index (χ2n) is 9.21. The lowest BCUT2D eigenvalue weighted by Crippen LogP contribution is -2.36. The number of hydrogen-bond donors (Lipinski definition) is 1. The molecule has 0 aromatic heterocycles. The predicted octanol–water partition coefficient (Wildman–Crippen LogP) is 4.38. The van der Waals surface area contributed by atoms with E-state index in [0.29, 0.717) is 29.4 Å². The highest BCUT2D eigenvalue weighted by molar-refractivity contribution is 8.18. The topological polar surface area (TPSA) is 105 Å². The number of nitrogens with zero attached hydrogens (tertiary/aromatic N) is 2. The van der Waals surface area contributed by atoms with Crippen LogP contribution in [0, 0.1) is 13.8 Å². The number of carbonyl (C=O) groups excluding carboxylic acids is 4. The molecule has 2 aromatic rings. The SMILES string of the molecule is CCOc1cc(/C=C2\SC(=O)N(CC(=O)Nc3cc(C)cc(C)c3)C2=O)ccc1OCC(=O)N1CCCC1. The maximum atomic E-state index is 12.9.